The van der Waals surface area contributed by atoms with Gasteiger partial charge in [0.05, 0.1) is 5.41 Å². The molecule has 1 aliphatic carbocycles. The molecule has 2 amide bonds. The molecule has 2 N–H and O–H groups in total. The highest BCUT2D eigenvalue weighted by atomic mass is 16.4. The normalized spacial score (nSPS) is 29.6. The number of carboxylic acids is 1. The zero-order valence-electron chi connectivity index (χ0n) is 15.3. The van der Waals surface area contributed by atoms with Gasteiger partial charge in [0.25, 0.3) is 0 Å². The highest BCUT2D eigenvalue weighted by molar-refractivity contribution is 5.80. The molecule has 2 heterocycles. The van der Waals surface area contributed by atoms with Gasteiger partial charge in [-0.3, -0.25) is 4.79 Å². The van der Waals surface area contributed by atoms with E-state index in [2.05, 4.69) is 10.2 Å². The molecule has 0 aromatic rings. The summed E-state index contributed by atoms with van der Waals surface area (Å²) in [7, 11) is 0. The van der Waals surface area contributed by atoms with Crippen molar-refractivity contribution in [2.75, 3.05) is 39.3 Å². The summed E-state index contributed by atoms with van der Waals surface area (Å²) in [5.41, 5.74) is -0.675. The van der Waals surface area contributed by atoms with Crippen molar-refractivity contribution in [1.29, 1.82) is 0 Å². The van der Waals surface area contributed by atoms with E-state index in [0.717, 1.165) is 25.7 Å². The van der Waals surface area contributed by atoms with Gasteiger partial charge in [-0.15, -0.1) is 0 Å². The Hall–Kier alpha value is -1.30. The Labute approximate surface area is 150 Å². The lowest BCUT2D eigenvalue weighted by molar-refractivity contribution is -0.149. The second-order valence-corrected chi connectivity index (χ2v) is 8.13. The monoisotopic (exact) mass is 351 g/mol. The second kappa shape index (κ2) is 8.39. The number of hydrogen-bond donors (Lipinski definition) is 2. The van der Waals surface area contributed by atoms with Crippen LogP contribution in [0.2, 0.25) is 0 Å². The maximum absolute atomic E-state index is 12.3. The summed E-state index contributed by atoms with van der Waals surface area (Å²) in [5, 5.41) is 12.6. The van der Waals surface area contributed by atoms with Gasteiger partial charge >= 0.3 is 12.0 Å². The number of likely N-dealkylation sites (tertiary alicyclic amines) is 2. The van der Waals surface area contributed by atoms with Crippen LogP contribution < -0.4 is 5.32 Å². The van der Waals surface area contributed by atoms with E-state index < -0.39 is 11.4 Å². The van der Waals surface area contributed by atoms with E-state index in [-0.39, 0.29) is 11.9 Å². The van der Waals surface area contributed by atoms with Crippen LogP contribution in [0.4, 0.5) is 4.79 Å². The molecule has 6 heteroatoms. The van der Waals surface area contributed by atoms with Crippen molar-refractivity contribution < 1.29 is 14.7 Å². The van der Waals surface area contributed by atoms with Crippen LogP contribution in [0.15, 0.2) is 0 Å². The van der Waals surface area contributed by atoms with Crippen molar-refractivity contribution in [2.45, 2.75) is 57.8 Å². The molecule has 0 bridgehead atoms. The number of rotatable bonds is 7. The van der Waals surface area contributed by atoms with E-state index in [1.54, 1.807) is 4.90 Å². The standard InChI is InChI=1S/C19H33N3O3/c23-17(24)19-9-7-8-16(19)14-22(15-19)18(25)20-10-3-1-4-11-21-12-5-2-6-13-21/h16H,1-15H2,(H,20,25)(H,23,24)/t16-,19+/m0/s1. The van der Waals surface area contributed by atoms with E-state index in [9.17, 15) is 14.7 Å². The van der Waals surface area contributed by atoms with Crippen molar-refractivity contribution >= 4 is 12.0 Å². The van der Waals surface area contributed by atoms with Crippen LogP contribution in [0.25, 0.3) is 0 Å². The van der Waals surface area contributed by atoms with Crippen LogP contribution in [0, 0.1) is 11.3 Å². The summed E-state index contributed by atoms with van der Waals surface area (Å²) in [6.07, 6.45) is 10.0. The molecule has 6 nitrogen and oxygen atoms in total. The molecule has 0 spiro atoms. The molecule has 2 saturated heterocycles. The fourth-order valence-electron chi connectivity index (χ4n) is 4.92. The molecule has 25 heavy (non-hydrogen) atoms. The fourth-order valence-corrected chi connectivity index (χ4v) is 4.92. The highest BCUT2D eigenvalue weighted by Gasteiger charge is 2.55. The minimum Gasteiger partial charge on any atom is -0.481 e. The lowest BCUT2D eigenvalue weighted by Crippen LogP contribution is -2.42. The third kappa shape index (κ3) is 4.27. The van der Waals surface area contributed by atoms with Gasteiger partial charge in [0.1, 0.15) is 0 Å². The molecule has 0 radical (unpaired) electrons. The summed E-state index contributed by atoms with van der Waals surface area (Å²) >= 11 is 0. The summed E-state index contributed by atoms with van der Waals surface area (Å²) in [6, 6.07) is -0.0777. The Kier molecular flexibility index (Phi) is 6.20. The first-order valence-corrected chi connectivity index (χ1v) is 10.1. The number of carbonyl (C=O) groups is 2. The number of hydrogen-bond acceptors (Lipinski definition) is 3. The molecular formula is C19H33N3O3. The molecule has 0 aromatic heterocycles. The third-order valence-electron chi connectivity index (χ3n) is 6.46. The van der Waals surface area contributed by atoms with Crippen LogP contribution >= 0.6 is 0 Å². The number of fused-ring (bicyclic) bond motifs is 1. The Bertz CT molecular complexity index is 479. The van der Waals surface area contributed by atoms with E-state index in [0.29, 0.717) is 26.1 Å². The van der Waals surface area contributed by atoms with Crippen molar-refractivity contribution in [1.82, 2.24) is 15.1 Å². The molecule has 0 aromatic carbocycles. The van der Waals surface area contributed by atoms with Crippen LogP contribution in [0.3, 0.4) is 0 Å². The number of carboxylic acid groups (broad SMARTS) is 1. The van der Waals surface area contributed by atoms with E-state index >= 15 is 0 Å². The minimum atomic E-state index is -0.719. The predicted molar refractivity (Wildman–Crippen MR) is 96.5 cm³/mol. The number of urea groups is 1. The van der Waals surface area contributed by atoms with Gasteiger partial charge in [0.15, 0.2) is 0 Å². The molecule has 3 rings (SSSR count). The molecule has 1 saturated carbocycles. The molecular weight excluding hydrogens is 318 g/mol. The SMILES string of the molecule is O=C(NCCCCCN1CCCCC1)N1C[C@@H]2CCC[C@@]2(C(=O)O)C1. The van der Waals surface area contributed by atoms with Crippen LogP contribution in [0.5, 0.6) is 0 Å². The van der Waals surface area contributed by atoms with Gasteiger partial charge in [-0.2, -0.15) is 0 Å². The zero-order valence-corrected chi connectivity index (χ0v) is 15.3. The first-order valence-electron chi connectivity index (χ1n) is 10.1. The summed E-state index contributed by atoms with van der Waals surface area (Å²) in [4.78, 5) is 28.3. The zero-order chi connectivity index (χ0) is 17.7. The highest BCUT2D eigenvalue weighted by Crippen LogP contribution is 2.48. The number of piperidine rings is 1. The van der Waals surface area contributed by atoms with Gasteiger partial charge in [-0.05, 0) is 64.1 Å². The largest absolute Gasteiger partial charge is 0.481 e. The van der Waals surface area contributed by atoms with Gasteiger partial charge in [0, 0.05) is 19.6 Å². The maximum atomic E-state index is 12.3. The summed E-state index contributed by atoms with van der Waals surface area (Å²) < 4.78 is 0. The van der Waals surface area contributed by atoms with Gasteiger partial charge in [-0.1, -0.05) is 19.3 Å². The van der Waals surface area contributed by atoms with Gasteiger partial charge in [-0.25, -0.2) is 4.79 Å². The van der Waals surface area contributed by atoms with Gasteiger partial charge < -0.3 is 20.2 Å². The predicted octanol–water partition coefficient (Wildman–Crippen LogP) is 2.54. The van der Waals surface area contributed by atoms with Crippen LogP contribution in [-0.4, -0.2) is 66.2 Å². The minimum absolute atomic E-state index is 0.0777. The summed E-state index contributed by atoms with van der Waals surface area (Å²) in [6.45, 7) is 5.36. The van der Waals surface area contributed by atoms with E-state index in [4.69, 9.17) is 0 Å². The first-order chi connectivity index (χ1) is 12.1. The summed E-state index contributed by atoms with van der Waals surface area (Å²) in [5.74, 6) is -0.580. The number of nitrogens with one attached hydrogen (secondary N) is 1. The quantitative estimate of drug-likeness (QED) is 0.692. The molecule has 0 unspecified atom stereocenters. The molecule has 2 atom stereocenters. The van der Waals surface area contributed by atoms with Crippen molar-refractivity contribution in [3.05, 3.63) is 0 Å². The number of carbonyl (C=O) groups excluding carboxylic acids is 1. The van der Waals surface area contributed by atoms with Crippen LogP contribution in [-0.2, 0) is 4.79 Å². The number of amides is 2. The lowest BCUT2D eigenvalue weighted by Gasteiger charge is -2.26. The van der Waals surface area contributed by atoms with Gasteiger partial charge in [0.2, 0.25) is 0 Å². The Morgan fingerprint density at radius 3 is 2.60 bits per heavy atom. The molecule has 142 valence electrons. The first kappa shape index (κ1) is 18.5. The Morgan fingerprint density at radius 2 is 1.88 bits per heavy atom. The second-order valence-electron chi connectivity index (χ2n) is 8.13. The Morgan fingerprint density at radius 1 is 1.08 bits per heavy atom. The van der Waals surface area contributed by atoms with E-state index in [1.165, 1.54) is 45.3 Å². The molecule has 3 fully saturated rings. The van der Waals surface area contributed by atoms with E-state index in [1.807, 2.05) is 0 Å². The van der Waals surface area contributed by atoms with Crippen LogP contribution in [0.1, 0.15) is 57.8 Å². The Balaban J connectivity index is 1.30. The average molecular weight is 351 g/mol. The third-order valence-corrected chi connectivity index (χ3v) is 6.46. The van der Waals surface area contributed by atoms with Crippen molar-refractivity contribution in [3.63, 3.8) is 0 Å². The van der Waals surface area contributed by atoms with Crippen molar-refractivity contribution in [3.8, 4) is 0 Å². The smallest absolute Gasteiger partial charge is 0.317 e. The average Bonchev–Trinajstić information content (AvgIpc) is 3.17. The lowest BCUT2D eigenvalue weighted by atomic mass is 9.81. The molecule has 3 aliphatic rings. The van der Waals surface area contributed by atoms with Crippen molar-refractivity contribution in [2.24, 2.45) is 11.3 Å². The number of aliphatic carboxylic acids is 1. The number of unbranched alkanes of at least 4 members (excludes halogenated alkanes) is 2. The topological polar surface area (TPSA) is 72.9 Å². The maximum Gasteiger partial charge on any atom is 0.317 e. The molecule has 2 aliphatic heterocycles. The number of nitrogens with zero attached hydrogens (tertiary/aromatic N) is 2. The fraction of sp³-hybridized carbons (Fsp3) is 0.895.